The molecule has 3 rings (SSSR count). The van der Waals surface area contributed by atoms with Crippen LogP contribution in [-0.4, -0.2) is 9.91 Å². The van der Waals surface area contributed by atoms with Crippen molar-refractivity contribution < 1.29 is 4.92 Å². The minimum Gasteiger partial charge on any atom is -0.258 e. The summed E-state index contributed by atoms with van der Waals surface area (Å²) in [5, 5.41) is 12.3. The molecule has 0 atom stereocenters. The van der Waals surface area contributed by atoms with Gasteiger partial charge in [-0.15, -0.1) is 0 Å². The Morgan fingerprint density at radius 1 is 1.10 bits per heavy atom. The third kappa shape index (κ3) is 2.48. The van der Waals surface area contributed by atoms with E-state index < -0.39 is 0 Å². The van der Waals surface area contributed by atoms with Crippen molar-refractivity contribution in [1.82, 2.24) is 4.98 Å². The van der Waals surface area contributed by atoms with Gasteiger partial charge < -0.3 is 0 Å². The van der Waals surface area contributed by atoms with E-state index in [1.54, 1.807) is 24.3 Å². The van der Waals surface area contributed by atoms with E-state index in [1.807, 2.05) is 24.3 Å². The second-order valence-electron chi connectivity index (χ2n) is 4.09. The fourth-order valence-corrected chi connectivity index (χ4v) is 2.69. The molecule has 20 heavy (non-hydrogen) atoms. The summed E-state index contributed by atoms with van der Waals surface area (Å²) < 4.78 is 0. The average Bonchev–Trinajstić information content (AvgIpc) is 2.47. The maximum absolute atomic E-state index is 11.0. The molecule has 0 unspecified atom stereocenters. The first-order valence-electron chi connectivity index (χ1n) is 5.92. The molecule has 1 heterocycles. The summed E-state index contributed by atoms with van der Waals surface area (Å²) in [5.41, 5.74) is 0.715. The number of benzene rings is 2. The van der Waals surface area contributed by atoms with Crippen molar-refractivity contribution in [3.05, 3.63) is 70.8 Å². The predicted octanol–water partition coefficient (Wildman–Crippen LogP) is 4.09. The van der Waals surface area contributed by atoms with Crippen molar-refractivity contribution in [2.75, 3.05) is 0 Å². The zero-order valence-electron chi connectivity index (χ0n) is 10.3. The number of nitro groups is 1. The minimum atomic E-state index is -0.385. The average molecular weight is 281 g/mol. The number of hydrogen-bond donors (Lipinski definition) is 0. The first-order valence-corrected chi connectivity index (χ1v) is 6.74. The van der Waals surface area contributed by atoms with Gasteiger partial charge in [-0.3, -0.25) is 10.1 Å². The zero-order valence-corrected chi connectivity index (χ0v) is 11.1. The summed E-state index contributed by atoms with van der Waals surface area (Å²) in [6, 6.07) is 19.0. The largest absolute Gasteiger partial charge is 0.278 e. The molecule has 1 radical (unpaired) electrons. The van der Waals surface area contributed by atoms with Crippen LogP contribution in [0.2, 0.25) is 0 Å². The Hall–Kier alpha value is -2.40. The van der Waals surface area contributed by atoms with Crippen molar-refractivity contribution in [3.8, 4) is 0 Å². The summed E-state index contributed by atoms with van der Waals surface area (Å²) in [7, 11) is 0. The van der Waals surface area contributed by atoms with E-state index in [0.717, 1.165) is 9.92 Å². The van der Waals surface area contributed by atoms with Crippen LogP contribution in [-0.2, 0) is 0 Å². The Balaban J connectivity index is 2.01. The monoisotopic (exact) mass is 281 g/mol. The molecule has 0 aliphatic carbocycles. The normalized spacial score (nSPS) is 10.6. The van der Waals surface area contributed by atoms with Crippen LogP contribution < -0.4 is 0 Å². The lowest BCUT2D eigenvalue weighted by Crippen LogP contribution is -1.91. The third-order valence-electron chi connectivity index (χ3n) is 2.79. The molecule has 1 aromatic heterocycles. The molecule has 0 fully saturated rings. The first-order chi connectivity index (χ1) is 9.74. The predicted molar refractivity (Wildman–Crippen MR) is 77.8 cm³/mol. The molecular weight excluding hydrogens is 272 g/mol. The van der Waals surface area contributed by atoms with Gasteiger partial charge in [0.05, 0.1) is 15.8 Å². The molecule has 97 valence electrons. The second kappa shape index (κ2) is 5.30. The minimum absolute atomic E-state index is 0.0841. The smallest absolute Gasteiger partial charge is 0.258 e. The Kier molecular flexibility index (Phi) is 3.35. The van der Waals surface area contributed by atoms with E-state index in [0.29, 0.717) is 10.9 Å². The summed E-state index contributed by atoms with van der Waals surface area (Å²) in [4.78, 5) is 16.1. The molecular formula is C15H9N2O2S. The highest BCUT2D eigenvalue weighted by Gasteiger charge is 2.12. The van der Waals surface area contributed by atoms with E-state index in [2.05, 4.69) is 11.1 Å². The van der Waals surface area contributed by atoms with Gasteiger partial charge in [0.2, 0.25) is 0 Å². The molecule has 0 bridgehead atoms. The highest BCUT2D eigenvalue weighted by molar-refractivity contribution is 7.99. The molecule has 2 aromatic carbocycles. The molecule has 0 saturated heterocycles. The zero-order chi connectivity index (χ0) is 13.9. The number of fused-ring (bicyclic) bond motifs is 1. The van der Waals surface area contributed by atoms with Crippen LogP contribution in [0.4, 0.5) is 5.69 Å². The molecule has 5 heteroatoms. The van der Waals surface area contributed by atoms with Crippen molar-refractivity contribution in [2.45, 2.75) is 9.92 Å². The number of nitro benzene ring substituents is 1. The number of aromatic nitrogens is 1. The number of nitrogens with zero attached hydrogens (tertiary/aromatic N) is 2. The molecule has 0 aliphatic heterocycles. The number of hydrogen-bond acceptors (Lipinski definition) is 4. The van der Waals surface area contributed by atoms with Crippen molar-refractivity contribution >= 4 is 28.4 Å². The summed E-state index contributed by atoms with van der Waals surface area (Å²) in [6.07, 6.45) is 0. The fourth-order valence-electron chi connectivity index (χ4n) is 1.90. The molecule has 3 aromatic rings. The lowest BCUT2D eigenvalue weighted by molar-refractivity contribution is -0.383. The van der Waals surface area contributed by atoms with E-state index in [-0.39, 0.29) is 10.6 Å². The third-order valence-corrected chi connectivity index (χ3v) is 3.73. The summed E-state index contributed by atoms with van der Waals surface area (Å²) >= 11 is 1.52. The molecule has 0 N–H and O–H groups in total. The quantitative estimate of drug-likeness (QED) is 0.536. The summed E-state index contributed by atoms with van der Waals surface area (Å²) in [6.45, 7) is 0. The van der Waals surface area contributed by atoms with Crippen molar-refractivity contribution in [2.24, 2.45) is 0 Å². The molecule has 0 saturated carbocycles. The summed E-state index contributed by atoms with van der Waals surface area (Å²) in [5.74, 6) is 0. The van der Waals surface area contributed by atoms with Crippen molar-refractivity contribution in [3.63, 3.8) is 0 Å². The Bertz CT molecular complexity index is 775. The van der Waals surface area contributed by atoms with Crippen LogP contribution in [0.1, 0.15) is 0 Å². The number of rotatable bonds is 3. The van der Waals surface area contributed by atoms with Gasteiger partial charge in [0.25, 0.3) is 5.69 Å². The van der Waals surface area contributed by atoms with Gasteiger partial charge in [-0.1, -0.05) is 30.0 Å². The van der Waals surface area contributed by atoms with Gasteiger partial charge in [0, 0.05) is 11.0 Å². The second-order valence-corrected chi connectivity index (χ2v) is 5.18. The standard InChI is InChI=1S/C15H9N2O2S/c18-17(19)14-8-4-7-13-12(14)9-10-15(16-13)20-11-5-2-1-3-6-11/h2-10H. The van der Waals surface area contributed by atoms with Crippen LogP contribution in [0.5, 0.6) is 0 Å². The number of pyridine rings is 1. The highest BCUT2D eigenvalue weighted by atomic mass is 32.2. The number of non-ortho nitro benzene ring substituents is 1. The van der Waals surface area contributed by atoms with Crippen LogP contribution >= 0.6 is 11.8 Å². The van der Waals surface area contributed by atoms with Crippen LogP contribution in [0.15, 0.2) is 64.5 Å². The Morgan fingerprint density at radius 2 is 1.90 bits per heavy atom. The van der Waals surface area contributed by atoms with Gasteiger partial charge in [-0.2, -0.15) is 0 Å². The maximum Gasteiger partial charge on any atom is 0.278 e. The Labute approximate surface area is 119 Å². The van der Waals surface area contributed by atoms with Crippen molar-refractivity contribution in [1.29, 1.82) is 0 Å². The topological polar surface area (TPSA) is 56.0 Å². The fraction of sp³-hybridized carbons (Fsp3) is 0. The molecule has 0 spiro atoms. The maximum atomic E-state index is 11.0. The van der Waals surface area contributed by atoms with Crippen LogP contribution in [0, 0.1) is 16.2 Å². The van der Waals surface area contributed by atoms with Crippen LogP contribution in [0.3, 0.4) is 0 Å². The Morgan fingerprint density at radius 3 is 2.65 bits per heavy atom. The molecule has 4 nitrogen and oxygen atoms in total. The van der Waals surface area contributed by atoms with Gasteiger partial charge in [-0.25, -0.2) is 4.98 Å². The van der Waals surface area contributed by atoms with E-state index in [9.17, 15) is 10.1 Å². The van der Waals surface area contributed by atoms with Gasteiger partial charge in [0.15, 0.2) is 0 Å². The van der Waals surface area contributed by atoms with E-state index >= 15 is 0 Å². The SMILES string of the molecule is O=[N+]([O-])c1cccc2nc(Sc3cc[c]cc3)ccc12. The molecule has 0 amide bonds. The lowest BCUT2D eigenvalue weighted by atomic mass is 10.2. The molecule has 0 aliphatic rings. The van der Waals surface area contributed by atoms with Gasteiger partial charge in [-0.05, 0) is 36.4 Å². The first kappa shape index (κ1) is 12.6. The van der Waals surface area contributed by atoms with E-state index in [4.69, 9.17) is 0 Å². The highest BCUT2D eigenvalue weighted by Crippen LogP contribution is 2.30. The lowest BCUT2D eigenvalue weighted by Gasteiger charge is -2.03. The van der Waals surface area contributed by atoms with E-state index in [1.165, 1.54) is 17.8 Å². The van der Waals surface area contributed by atoms with Gasteiger partial charge in [0.1, 0.15) is 5.03 Å². The van der Waals surface area contributed by atoms with Crippen LogP contribution in [0.25, 0.3) is 10.9 Å². The van der Waals surface area contributed by atoms with Gasteiger partial charge >= 0.3 is 0 Å².